The molecule has 0 amide bonds. The first kappa shape index (κ1) is 20.2. The Kier molecular flexibility index (Phi) is 5.64. The standard InChI is InChI=1S/C22H26N4O4/c1-30-21-18(25-10-7-14(12-25)11-24-9-2-8-23)6-5-16-19(21)26(15-3-4-15)13-17(20(16)27)22(28)29/h5-6,13-15,24H,2-4,7,9-12H2,1H3,(H,28,29). The molecule has 0 bridgehead atoms. The molecule has 4 rings (SSSR count). The van der Waals surface area contributed by atoms with Crippen molar-refractivity contribution >= 4 is 22.6 Å². The summed E-state index contributed by atoms with van der Waals surface area (Å²) in [5.74, 6) is -0.0961. The minimum Gasteiger partial charge on any atom is -0.492 e. The van der Waals surface area contributed by atoms with E-state index < -0.39 is 11.4 Å². The molecule has 2 aromatic rings. The SMILES string of the molecule is COc1c(N2CCC(CNCCC#N)C2)ccc2c(=O)c(C(=O)O)cn(C3CC3)c12. The molecule has 8 nitrogen and oxygen atoms in total. The van der Waals surface area contributed by atoms with Crippen molar-refractivity contribution in [3.63, 3.8) is 0 Å². The number of benzene rings is 1. The normalized spacial score (nSPS) is 18.5. The van der Waals surface area contributed by atoms with Crippen molar-refractivity contribution < 1.29 is 14.6 Å². The molecule has 1 saturated heterocycles. The number of nitrogens with one attached hydrogen (secondary N) is 1. The quantitative estimate of drug-likeness (QED) is 0.643. The molecule has 158 valence electrons. The Labute approximate surface area is 174 Å². The second-order valence-electron chi connectivity index (χ2n) is 8.04. The largest absolute Gasteiger partial charge is 0.492 e. The summed E-state index contributed by atoms with van der Waals surface area (Å²) in [7, 11) is 1.60. The van der Waals surface area contributed by atoms with Crippen LogP contribution in [0.3, 0.4) is 0 Å². The Balaban J connectivity index is 1.70. The van der Waals surface area contributed by atoms with Gasteiger partial charge in [-0.05, 0) is 43.9 Å². The van der Waals surface area contributed by atoms with Gasteiger partial charge in [0.25, 0.3) is 0 Å². The average molecular weight is 410 g/mol. The van der Waals surface area contributed by atoms with Crippen molar-refractivity contribution in [1.82, 2.24) is 9.88 Å². The Hall–Kier alpha value is -3.05. The van der Waals surface area contributed by atoms with Gasteiger partial charge in [-0.2, -0.15) is 5.26 Å². The number of carboxylic acids is 1. The molecule has 2 heterocycles. The minimum absolute atomic E-state index is 0.200. The highest BCUT2D eigenvalue weighted by Crippen LogP contribution is 2.43. The van der Waals surface area contributed by atoms with Crippen LogP contribution in [0.15, 0.2) is 23.1 Å². The van der Waals surface area contributed by atoms with E-state index in [9.17, 15) is 14.7 Å². The molecular weight excluding hydrogens is 384 g/mol. The lowest BCUT2D eigenvalue weighted by Crippen LogP contribution is -2.27. The number of methoxy groups -OCH3 is 1. The molecule has 2 aliphatic rings. The lowest BCUT2D eigenvalue weighted by atomic mass is 10.1. The Morgan fingerprint density at radius 3 is 2.83 bits per heavy atom. The number of ether oxygens (including phenoxy) is 1. The molecule has 2 fully saturated rings. The third-order valence-corrected chi connectivity index (χ3v) is 5.97. The van der Waals surface area contributed by atoms with Crippen LogP contribution in [0, 0.1) is 17.2 Å². The van der Waals surface area contributed by atoms with Crippen LogP contribution >= 0.6 is 0 Å². The fourth-order valence-corrected chi connectivity index (χ4v) is 4.32. The van der Waals surface area contributed by atoms with E-state index in [1.807, 2.05) is 10.6 Å². The van der Waals surface area contributed by atoms with E-state index in [2.05, 4.69) is 16.3 Å². The van der Waals surface area contributed by atoms with Crippen LogP contribution in [0.25, 0.3) is 10.9 Å². The van der Waals surface area contributed by atoms with E-state index in [4.69, 9.17) is 10.00 Å². The number of aromatic carboxylic acids is 1. The molecule has 30 heavy (non-hydrogen) atoms. The highest BCUT2D eigenvalue weighted by atomic mass is 16.5. The van der Waals surface area contributed by atoms with Crippen molar-refractivity contribution in [3.05, 3.63) is 34.1 Å². The lowest BCUT2D eigenvalue weighted by Gasteiger charge is -2.24. The maximum atomic E-state index is 12.8. The zero-order valence-corrected chi connectivity index (χ0v) is 17.1. The summed E-state index contributed by atoms with van der Waals surface area (Å²) in [6, 6.07) is 5.95. The third-order valence-electron chi connectivity index (χ3n) is 5.97. The number of aromatic nitrogens is 1. The Bertz CT molecular complexity index is 1070. The number of nitrogens with zero attached hydrogens (tertiary/aromatic N) is 3. The fourth-order valence-electron chi connectivity index (χ4n) is 4.32. The fraction of sp³-hybridized carbons (Fsp3) is 0.500. The number of anilines is 1. The second kappa shape index (κ2) is 8.36. The summed E-state index contributed by atoms with van der Waals surface area (Å²) in [6.07, 6.45) is 4.94. The summed E-state index contributed by atoms with van der Waals surface area (Å²) >= 11 is 0. The van der Waals surface area contributed by atoms with E-state index in [1.165, 1.54) is 6.20 Å². The number of hydrogen-bond donors (Lipinski definition) is 2. The molecule has 1 atom stereocenters. The first-order chi connectivity index (χ1) is 14.5. The van der Waals surface area contributed by atoms with Gasteiger partial charge in [0.05, 0.1) is 29.8 Å². The predicted molar refractivity (Wildman–Crippen MR) is 113 cm³/mol. The lowest BCUT2D eigenvalue weighted by molar-refractivity contribution is 0.0695. The molecule has 1 aliphatic heterocycles. The van der Waals surface area contributed by atoms with Gasteiger partial charge in [-0.25, -0.2) is 4.79 Å². The molecule has 0 radical (unpaired) electrons. The van der Waals surface area contributed by atoms with E-state index in [0.717, 1.165) is 44.6 Å². The predicted octanol–water partition coefficient (Wildman–Crippen LogP) is 2.37. The van der Waals surface area contributed by atoms with Crippen molar-refractivity contribution in [2.75, 3.05) is 38.2 Å². The van der Waals surface area contributed by atoms with Crippen molar-refractivity contribution in [1.29, 1.82) is 5.26 Å². The van der Waals surface area contributed by atoms with E-state index in [-0.39, 0.29) is 11.6 Å². The summed E-state index contributed by atoms with van der Waals surface area (Å²) < 4.78 is 7.71. The summed E-state index contributed by atoms with van der Waals surface area (Å²) in [6.45, 7) is 3.31. The second-order valence-corrected chi connectivity index (χ2v) is 8.04. The van der Waals surface area contributed by atoms with Gasteiger partial charge in [0.1, 0.15) is 5.56 Å². The highest BCUT2D eigenvalue weighted by Gasteiger charge is 2.31. The zero-order chi connectivity index (χ0) is 21.3. The first-order valence-electron chi connectivity index (χ1n) is 10.4. The summed E-state index contributed by atoms with van der Waals surface area (Å²) in [4.78, 5) is 26.6. The van der Waals surface area contributed by atoms with Gasteiger partial charge >= 0.3 is 5.97 Å². The van der Waals surface area contributed by atoms with Gasteiger partial charge in [0, 0.05) is 38.3 Å². The number of pyridine rings is 1. The highest BCUT2D eigenvalue weighted by molar-refractivity contribution is 5.97. The molecule has 1 aromatic heterocycles. The van der Waals surface area contributed by atoms with Crippen LogP contribution in [0.1, 0.15) is 42.1 Å². The van der Waals surface area contributed by atoms with Gasteiger partial charge in [-0.3, -0.25) is 4.79 Å². The zero-order valence-electron chi connectivity index (χ0n) is 17.1. The summed E-state index contributed by atoms with van der Waals surface area (Å²) in [5, 5.41) is 21.8. The topological polar surface area (TPSA) is 108 Å². The molecule has 1 aliphatic carbocycles. The molecule has 1 saturated carbocycles. The number of rotatable bonds is 8. The maximum Gasteiger partial charge on any atom is 0.341 e. The number of carboxylic acid groups (broad SMARTS) is 1. The Morgan fingerprint density at radius 1 is 1.37 bits per heavy atom. The number of hydrogen-bond acceptors (Lipinski definition) is 6. The van der Waals surface area contributed by atoms with Crippen LogP contribution < -0.4 is 20.4 Å². The van der Waals surface area contributed by atoms with Crippen LogP contribution in [-0.4, -0.2) is 48.9 Å². The van der Waals surface area contributed by atoms with Gasteiger partial charge in [0.2, 0.25) is 5.43 Å². The molecule has 8 heteroatoms. The monoisotopic (exact) mass is 410 g/mol. The number of fused-ring (bicyclic) bond motifs is 1. The van der Waals surface area contributed by atoms with E-state index >= 15 is 0 Å². The van der Waals surface area contributed by atoms with Gasteiger partial charge in [-0.15, -0.1) is 0 Å². The minimum atomic E-state index is -1.20. The molecule has 1 aromatic carbocycles. The number of nitriles is 1. The van der Waals surface area contributed by atoms with Crippen molar-refractivity contribution in [2.24, 2.45) is 5.92 Å². The summed E-state index contributed by atoms with van der Waals surface area (Å²) in [5.41, 5.74) is 0.943. The van der Waals surface area contributed by atoms with E-state index in [1.54, 1.807) is 13.2 Å². The van der Waals surface area contributed by atoms with Crippen LogP contribution in [0.2, 0.25) is 0 Å². The van der Waals surface area contributed by atoms with Crippen molar-refractivity contribution in [3.8, 4) is 11.8 Å². The average Bonchev–Trinajstić information content (AvgIpc) is 3.48. The maximum absolute atomic E-state index is 12.8. The van der Waals surface area contributed by atoms with Crippen LogP contribution in [-0.2, 0) is 0 Å². The smallest absolute Gasteiger partial charge is 0.341 e. The van der Waals surface area contributed by atoms with Crippen LogP contribution in [0.4, 0.5) is 5.69 Å². The third kappa shape index (κ3) is 3.73. The van der Waals surface area contributed by atoms with Crippen molar-refractivity contribution in [2.45, 2.75) is 31.7 Å². The van der Waals surface area contributed by atoms with Gasteiger partial charge < -0.3 is 24.6 Å². The number of carbonyl (C=O) groups is 1. The molecule has 1 unspecified atom stereocenters. The Morgan fingerprint density at radius 2 is 2.17 bits per heavy atom. The molecule has 2 N–H and O–H groups in total. The van der Waals surface area contributed by atoms with Gasteiger partial charge in [-0.1, -0.05) is 0 Å². The van der Waals surface area contributed by atoms with Gasteiger partial charge in [0.15, 0.2) is 5.75 Å². The first-order valence-corrected chi connectivity index (χ1v) is 10.4. The molecule has 0 spiro atoms. The van der Waals surface area contributed by atoms with E-state index in [0.29, 0.717) is 35.5 Å². The molecular formula is C22H26N4O4. The van der Waals surface area contributed by atoms with Crippen LogP contribution in [0.5, 0.6) is 5.75 Å².